The molecule has 32 heavy (non-hydrogen) atoms. The minimum atomic E-state index is -1.28. The number of nitrogens with two attached hydrogens (primary N) is 1. The highest BCUT2D eigenvalue weighted by molar-refractivity contribution is 8.09. The van der Waals surface area contributed by atoms with Gasteiger partial charge in [-0.2, -0.15) is 0 Å². The number of amides is 2. The predicted octanol–water partition coefficient (Wildman–Crippen LogP) is -0.0542. The number of carbonyl (C=O) groups is 4. The molecule has 2 amide bonds. The molecule has 4 N–H and O–H groups in total. The second kappa shape index (κ2) is 8.84. The predicted molar refractivity (Wildman–Crippen MR) is 116 cm³/mol. The fraction of sp³-hybridized carbons (Fsp3) is 0.294. The summed E-state index contributed by atoms with van der Waals surface area (Å²) in [6.45, 7) is 0.0589. The van der Waals surface area contributed by atoms with Gasteiger partial charge in [0, 0.05) is 27.0 Å². The van der Waals surface area contributed by atoms with Gasteiger partial charge in [-0.3, -0.25) is 14.5 Å². The van der Waals surface area contributed by atoms with Crippen molar-refractivity contribution in [1.82, 2.24) is 15.2 Å². The molecule has 3 aliphatic heterocycles. The molecule has 12 nitrogen and oxygen atoms in total. The smallest absolute Gasteiger partial charge is 0.353 e. The van der Waals surface area contributed by atoms with Gasteiger partial charge < -0.3 is 25.7 Å². The van der Waals surface area contributed by atoms with E-state index in [0.717, 1.165) is 28.0 Å². The van der Waals surface area contributed by atoms with Gasteiger partial charge in [0.15, 0.2) is 10.8 Å². The Morgan fingerprint density at radius 2 is 2.25 bits per heavy atom. The maximum absolute atomic E-state index is 12.8. The number of ether oxygens (including phenoxy) is 1. The van der Waals surface area contributed by atoms with Gasteiger partial charge in [0.2, 0.25) is 0 Å². The average Bonchev–Trinajstić information content (AvgIpc) is 3.37. The molecule has 1 saturated heterocycles. The number of carboxylic acids is 1. The summed E-state index contributed by atoms with van der Waals surface area (Å²) in [5.41, 5.74) is 5.47. The fourth-order valence-electron chi connectivity index (χ4n) is 3.15. The van der Waals surface area contributed by atoms with Crippen molar-refractivity contribution in [2.75, 3.05) is 25.2 Å². The van der Waals surface area contributed by atoms with Gasteiger partial charge in [-0.25, -0.2) is 14.6 Å². The number of hydrogen-bond acceptors (Lipinski definition) is 12. The molecule has 0 saturated carbocycles. The molecular formula is C17H15N5O7S3. The van der Waals surface area contributed by atoms with Crippen LogP contribution in [0.5, 0.6) is 0 Å². The van der Waals surface area contributed by atoms with Gasteiger partial charge in [-0.1, -0.05) is 16.9 Å². The van der Waals surface area contributed by atoms with Crippen LogP contribution in [-0.4, -0.2) is 75.3 Å². The first-order valence-corrected chi connectivity index (χ1v) is 11.6. The molecule has 0 aromatic carbocycles. The van der Waals surface area contributed by atoms with Crippen molar-refractivity contribution in [2.45, 2.75) is 11.4 Å². The first kappa shape index (κ1) is 22.2. The Morgan fingerprint density at radius 3 is 2.84 bits per heavy atom. The molecule has 0 unspecified atom stereocenters. The zero-order valence-corrected chi connectivity index (χ0v) is 18.7. The van der Waals surface area contributed by atoms with E-state index >= 15 is 0 Å². The van der Waals surface area contributed by atoms with E-state index in [4.69, 9.17) is 15.3 Å². The van der Waals surface area contributed by atoms with Crippen LogP contribution in [0.4, 0.5) is 5.13 Å². The quantitative estimate of drug-likeness (QED) is 0.199. The minimum Gasteiger partial charge on any atom is -0.477 e. The zero-order chi connectivity index (χ0) is 23.0. The Labute approximate surface area is 192 Å². The molecule has 1 aromatic rings. The second-order valence-corrected chi connectivity index (χ2v) is 9.67. The van der Waals surface area contributed by atoms with Gasteiger partial charge in [0.1, 0.15) is 36.5 Å². The summed E-state index contributed by atoms with van der Waals surface area (Å²) < 4.78 is 4.84. The number of nitrogens with zero attached hydrogens (tertiary/aromatic N) is 3. The number of esters is 1. The lowest BCUT2D eigenvalue weighted by Crippen LogP contribution is -2.71. The highest BCUT2D eigenvalue weighted by Gasteiger charge is 2.54. The van der Waals surface area contributed by atoms with E-state index < -0.39 is 35.2 Å². The SMILES string of the molecule is CO/N=C(\C(=O)N[C@@H]1C(=O)N2C(C(=O)O)=C(SC3=CC(=O)OC3)CS[C@H]12)c1csc(N)n1. The lowest BCUT2D eigenvalue weighted by atomic mass is 10.0. The Balaban J connectivity index is 1.52. The highest BCUT2D eigenvalue weighted by Crippen LogP contribution is 2.45. The largest absolute Gasteiger partial charge is 0.477 e. The molecule has 2 atom stereocenters. The summed E-state index contributed by atoms with van der Waals surface area (Å²) in [6, 6.07) is -0.956. The summed E-state index contributed by atoms with van der Waals surface area (Å²) in [4.78, 5) is 59.5. The Kier molecular flexibility index (Phi) is 6.12. The number of carbonyl (C=O) groups excluding carboxylic acids is 3. The molecule has 1 aromatic heterocycles. The monoisotopic (exact) mass is 497 g/mol. The van der Waals surface area contributed by atoms with E-state index in [2.05, 4.69) is 15.5 Å². The van der Waals surface area contributed by atoms with Crippen molar-refractivity contribution in [2.24, 2.45) is 5.16 Å². The maximum atomic E-state index is 12.8. The van der Waals surface area contributed by atoms with Crippen molar-refractivity contribution >= 4 is 69.5 Å². The number of aliphatic carboxylic acids is 1. The normalized spacial score (nSPS) is 22.7. The van der Waals surface area contributed by atoms with Crippen molar-refractivity contribution in [1.29, 1.82) is 0 Å². The van der Waals surface area contributed by atoms with Crippen molar-refractivity contribution < 1.29 is 33.9 Å². The number of rotatable bonds is 7. The van der Waals surface area contributed by atoms with Gasteiger partial charge >= 0.3 is 11.9 Å². The molecule has 168 valence electrons. The third-order valence-corrected chi connectivity index (χ3v) is 7.69. The fourth-order valence-corrected chi connectivity index (χ4v) is 6.20. The number of nitrogens with one attached hydrogen (secondary N) is 1. The number of cyclic esters (lactones) is 1. The lowest BCUT2D eigenvalue weighted by Gasteiger charge is -2.49. The Bertz CT molecular complexity index is 1110. The number of fused-ring (bicyclic) bond motifs is 1. The van der Waals surface area contributed by atoms with E-state index in [0.29, 0.717) is 9.81 Å². The number of hydrogen-bond donors (Lipinski definition) is 3. The number of thioether (sulfide) groups is 2. The van der Waals surface area contributed by atoms with Crippen LogP contribution in [0.25, 0.3) is 0 Å². The summed E-state index contributed by atoms with van der Waals surface area (Å²) in [5, 5.41) is 17.1. The Hall–Kier alpha value is -3.04. The number of β-lactam (4-membered cyclic amide) rings is 1. The van der Waals surface area contributed by atoms with E-state index in [1.165, 1.54) is 30.3 Å². The summed E-state index contributed by atoms with van der Waals surface area (Å²) in [5.74, 6) is -2.77. The van der Waals surface area contributed by atoms with Crippen LogP contribution < -0.4 is 11.1 Å². The molecule has 0 aliphatic carbocycles. The molecular weight excluding hydrogens is 482 g/mol. The maximum Gasteiger partial charge on any atom is 0.353 e. The van der Waals surface area contributed by atoms with Gasteiger partial charge in [-0.15, -0.1) is 23.1 Å². The molecule has 15 heteroatoms. The zero-order valence-electron chi connectivity index (χ0n) is 16.3. The van der Waals surface area contributed by atoms with Crippen molar-refractivity contribution in [3.63, 3.8) is 0 Å². The van der Waals surface area contributed by atoms with Crippen LogP contribution in [0.3, 0.4) is 0 Å². The standard InChI is InChI=1S/C17H15N5O7S3/c1-28-21-10(7-4-31-17(18)19-7)13(24)20-11-14(25)22-12(16(26)27)8(5-30-15(11)22)32-6-2-9(23)29-3-6/h2,4,11,15H,3,5H2,1H3,(H2,18,19)(H,20,24)(H,26,27)/b21-10-/t11-,15-/m1/s1. The molecule has 3 aliphatic rings. The Morgan fingerprint density at radius 1 is 1.47 bits per heavy atom. The summed E-state index contributed by atoms with van der Waals surface area (Å²) in [6.07, 6.45) is 1.29. The molecule has 0 bridgehead atoms. The minimum absolute atomic E-state index is 0.0589. The third-order valence-electron chi connectivity index (χ3n) is 4.47. The van der Waals surface area contributed by atoms with Gasteiger partial charge in [0.05, 0.1) is 0 Å². The van der Waals surface area contributed by atoms with Crippen molar-refractivity contribution in [3.8, 4) is 0 Å². The highest BCUT2D eigenvalue weighted by atomic mass is 32.2. The average molecular weight is 498 g/mol. The first-order chi connectivity index (χ1) is 15.3. The van der Waals surface area contributed by atoms with E-state index in [-0.39, 0.29) is 34.6 Å². The van der Waals surface area contributed by atoms with E-state index in [1.807, 2.05) is 0 Å². The van der Waals surface area contributed by atoms with Gasteiger partial charge in [-0.05, 0) is 0 Å². The molecule has 0 spiro atoms. The summed E-state index contributed by atoms with van der Waals surface area (Å²) in [7, 11) is 1.26. The number of carboxylic acid groups (broad SMARTS) is 1. The lowest BCUT2D eigenvalue weighted by molar-refractivity contribution is -0.150. The number of thiazole rings is 1. The van der Waals surface area contributed by atoms with E-state index in [1.54, 1.807) is 0 Å². The van der Waals surface area contributed by atoms with Crippen LogP contribution in [-0.2, 0) is 28.8 Å². The first-order valence-electron chi connectivity index (χ1n) is 8.89. The van der Waals surface area contributed by atoms with Crippen molar-refractivity contribution in [3.05, 3.63) is 32.7 Å². The van der Waals surface area contributed by atoms with Crippen LogP contribution in [0, 0.1) is 0 Å². The van der Waals surface area contributed by atoms with Crippen LogP contribution in [0.2, 0.25) is 0 Å². The number of anilines is 1. The number of nitrogen functional groups attached to an aromatic ring is 1. The number of aromatic nitrogens is 1. The van der Waals surface area contributed by atoms with Crippen LogP contribution in [0.1, 0.15) is 5.69 Å². The number of oxime groups is 1. The molecule has 1 fully saturated rings. The van der Waals surface area contributed by atoms with E-state index in [9.17, 15) is 24.3 Å². The van der Waals surface area contributed by atoms with Crippen LogP contribution in [0.15, 0.2) is 32.1 Å². The topological polar surface area (TPSA) is 174 Å². The second-order valence-electron chi connectivity index (χ2n) is 6.45. The third kappa shape index (κ3) is 4.05. The molecule has 0 radical (unpaired) electrons. The molecule has 4 rings (SSSR count). The molecule has 4 heterocycles. The van der Waals surface area contributed by atoms with Crippen LogP contribution >= 0.6 is 34.9 Å². The summed E-state index contributed by atoms with van der Waals surface area (Å²) >= 11 is 3.50. The van der Waals surface area contributed by atoms with Gasteiger partial charge in [0.25, 0.3) is 11.8 Å².